The summed E-state index contributed by atoms with van der Waals surface area (Å²) in [5.74, 6) is 0. The fraction of sp³-hybridized carbons (Fsp3) is 0.0741. The zero-order valence-corrected chi connectivity index (χ0v) is 17.4. The summed E-state index contributed by atoms with van der Waals surface area (Å²) in [5.41, 5.74) is 7.06. The van der Waals surface area contributed by atoms with Gasteiger partial charge in [-0.15, -0.1) is 0 Å². The van der Waals surface area contributed by atoms with Crippen molar-refractivity contribution in [2.75, 3.05) is 19.0 Å². The predicted octanol–water partition coefficient (Wildman–Crippen LogP) is 4.02. The van der Waals surface area contributed by atoms with E-state index in [1.165, 1.54) is 22.1 Å². The van der Waals surface area contributed by atoms with E-state index in [2.05, 4.69) is 114 Å². The van der Waals surface area contributed by atoms with Gasteiger partial charge in [-0.3, -0.25) is 4.99 Å². The molecule has 0 spiro atoms. The highest BCUT2D eigenvalue weighted by atomic mass is 15.1. The molecule has 0 radical (unpaired) electrons. The Bertz CT molecular complexity index is 1060. The Balaban J connectivity index is 1.73. The van der Waals surface area contributed by atoms with Crippen LogP contribution in [0.5, 0.6) is 0 Å². The quantitative estimate of drug-likeness (QED) is 0.360. The molecule has 0 amide bonds. The Labute approximate surface area is 179 Å². The SMILES string of the molecule is CN(C)c1ccc(N=Cc2ccccc2B(c2ccccc2)c2ccccc2)cc1. The van der Waals surface area contributed by atoms with Gasteiger partial charge < -0.3 is 4.90 Å². The van der Waals surface area contributed by atoms with Gasteiger partial charge in [0, 0.05) is 26.0 Å². The van der Waals surface area contributed by atoms with E-state index < -0.39 is 0 Å². The van der Waals surface area contributed by atoms with Gasteiger partial charge >= 0.3 is 0 Å². The molecule has 4 aromatic rings. The monoisotopic (exact) mass is 388 g/mol. The zero-order valence-electron chi connectivity index (χ0n) is 17.4. The number of benzene rings is 4. The zero-order chi connectivity index (χ0) is 20.8. The van der Waals surface area contributed by atoms with Gasteiger partial charge in [-0.2, -0.15) is 0 Å². The summed E-state index contributed by atoms with van der Waals surface area (Å²) in [6.07, 6.45) is 1.98. The largest absolute Gasteiger partial charge is 0.378 e. The van der Waals surface area contributed by atoms with E-state index in [1.807, 2.05) is 20.3 Å². The van der Waals surface area contributed by atoms with E-state index in [1.54, 1.807) is 0 Å². The molecule has 0 saturated heterocycles. The summed E-state index contributed by atoms with van der Waals surface area (Å²) < 4.78 is 0. The molecule has 0 N–H and O–H groups in total. The maximum atomic E-state index is 4.76. The maximum absolute atomic E-state index is 4.76. The number of aliphatic imine (C=N–C) groups is 1. The van der Waals surface area contributed by atoms with Gasteiger partial charge in [0.2, 0.25) is 6.71 Å². The third-order valence-electron chi connectivity index (χ3n) is 5.29. The summed E-state index contributed by atoms with van der Waals surface area (Å²) in [6.45, 7) is 0.158. The molecule has 0 aliphatic carbocycles. The van der Waals surface area contributed by atoms with E-state index in [4.69, 9.17) is 4.99 Å². The van der Waals surface area contributed by atoms with Crippen LogP contribution in [0.25, 0.3) is 0 Å². The topological polar surface area (TPSA) is 15.6 Å². The lowest BCUT2D eigenvalue weighted by atomic mass is 9.36. The number of nitrogens with zero attached hydrogens (tertiary/aromatic N) is 2. The Morgan fingerprint density at radius 2 is 1.17 bits per heavy atom. The van der Waals surface area contributed by atoms with E-state index >= 15 is 0 Å². The van der Waals surface area contributed by atoms with E-state index in [0.29, 0.717) is 0 Å². The first-order valence-corrected chi connectivity index (χ1v) is 10.2. The second-order valence-corrected chi connectivity index (χ2v) is 7.55. The van der Waals surface area contributed by atoms with Crippen LogP contribution in [0.15, 0.2) is 114 Å². The van der Waals surface area contributed by atoms with Crippen LogP contribution < -0.4 is 21.3 Å². The van der Waals surface area contributed by atoms with Crippen molar-refractivity contribution in [2.45, 2.75) is 0 Å². The summed E-state index contributed by atoms with van der Waals surface area (Å²) in [6, 6.07) is 38.2. The van der Waals surface area contributed by atoms with Crippen LogP contribution in [0.2, 0.25) is 0 Å². The molecule has 2 nitrogen and oxygen atoms in total. The molecule has 4 aromatic carbocycles. The van der Waals surface area contributed by atoms with Crippen molar-refractivity contribution < 1.29 is 0 Å². The minimum atomic E-state index is 0.158. The van der Waals surface area contributed by atoms with Crippen molar-refractivity contribution in [2.24, 2.45) is 4.99 Å². The number of rotatable bonds is 6. The minimum absolute atomic E-state index is 0.158. The summed E-state index contributed by atoms with van der Waals surface area (Å²) in [4.78, 5) is 6.85. The van der Waals surface area contributed by atoms with Gasteiger partial charge in [-0.05, 0) is 29.8 Å². The fourth-order valence-corrected chi connectivity index (χ4v) is 3.71. The molecule has 0 aromatic heterocycles. The van der Waals surface area contributed by atoms with Gasteiger partial charge in [0.05, 0.1) is 5.69 Å². The second kappa shape index (κ2) is 9.28. The van der Waals surface area contributed by atoms with Crippen molar-refractivity contribution in [3.8, 4) is 0 Å². The van der Waals surface area contributed by atoms with Crippen molar-refractivity contribution in [3.05, 3.63) is 115 Å². The normalized spacial score (nSPS) is 10.9. The van der Waals surface area contributed by atoms with Crippen molar-refractivity contribution in [1.29, 1.82) is 0 Å². The highest BCUT2D eigenvalue weighted by molar-refractivity contribution is 6.96. The first kappa shape index (κ1) is 19.7. The van der Waals surface area contributed by atoms with Crippen LogP contribution in [0.1, 0.15) is 5.56 Å². The maximum Gasteiger partial charge on any atom is 0.242 e. The van der Waals surface area contributed by atoms with Gasteiger partial charge in [0.25, 0.3) is 0 Å². The highest BCUT2D eigenvalue weighted by Crippen LogP contribution is 2.18. The number of hydrogen-bond acceptors (Lipinski definition) is 2. The Kier molecular flexibility index (Phi) is 6.10. The standard InChI is InChI=1S/C27H25BN2/c1-30(2)26-19-17-25(18-20-26)29-21-22-11-9-10-16-27(22)28(23-12-5-3-6-13-23)24-14-7-4-8-15-24/h3-21H,1-2H3. The molecule has 30 heavy (non-hydrogen) atoms. The molecule has 0 unspecified atom stereocenters. The van der Waals surface area contributed by atoms with Gasteiger partial charge in [0.1, 0.15) is 0 Å². The molecule has 3 heteroatoms. The van der Waals surface area contributed by atoms with Crippen LogP contribution in [0, 0.1) is 0 Å². The first-order valence-electron chi connectivity index (χ1n) is 10.2. The lowest BCUT2D eigenvalue weighted by Gasteiger charge is -2.17. The average Bonchev–Trinajstić information content (AvgIpc) is 2.80. The molecule has 0 aliphatic heterocycles. The Hall–Kier alpha value is -3.59. The van der Waals surface area contributed by atoms with Crippen LogP contribution in [-0.4, -0.2) is 27.0 Å². The molecular formula is C27H25BN2. The molecule has 0 atom stereocenters. The van der Waals surface area contributed by atoms with Crippen LogP contribution in [0.3, 0.4) is 0 Å². The van der Waals surface area contributed by atoms with E-state index in [9.17, 15) is 0 Å². The van der Waals surface area contributed by atoms with Crippen molar-refractivity contribution in [1.82, 2.24) is 0 Å². The lowest BCUT2D eigenvalue weighted by Crippen LogP contribution is -2.53. The Morgan fingerprint density at radius 3 is 1.73 bits per heavy atom. The van der Waals surface area contributed by atoms with Crippen LogP contribution in [-0.2, 0) is 0 Å². The van der Waals surface area contributed by atoms with Crippen LogP contribution in [0.4, 0.5) is 11.4 Å². The molecule has 0 fully saturated rings. The van der Waals surface area contributed by atoms with Crippen molar-refractivity contribution >= 4 is 40.7 Å². The van der Waals surface area contributed by atoms with Gasteiger partial charge in [-0.1, -0.05) is 101 Å². The molecule has 0 aliphatic rings. The molecule has 0 heterocycles. The average molecular weight is 388 g/mol. The van der Waals surface area contributed by atoms with Gasteiger partial charge in [0.15, 0.2) is 0 Å². The second-order valence-electron chi connectivity index (χ2n) is 7.55. The molecule has 0 saturated carbocycles. The summed E-state index contributed by atoms with van der Waals surface area (Å²) in [7, 11) is 4.09. The van der Waals surface area contributed by atoms with Crippen molar-refractivity contribution in [3.63, 3.8) is 0 Å². The summed E-state index contributed by atoms with van der Waals surface area (Å²) in [5, 5.41) is 0. The predicted molar refractivity (Wildman–Crippen MR) is 132 cm³/mol. The third kappa shape index (κ3) is 4.52. The fourth-order valence-electron chi connectivity index (χ4n) is 3.71. The molecular weight excluding hydrogens is 363 g/mol. The van der Waals surface area contributed by atoms with Crippen LogP contribution >= 0.6 is 0 Å². The Morgan fingerprint density at radius 1 is 0.633 bits per heavy atom. The highest BCUT2D eigenvalue weighted by Gasteiger charge is 2.23. The number of anilines is 1. The van der Waals surface area contributed by atoms with Gasteiger partial charge in [-0.25, -0.2) is 0 Å². The van der Waals surface area contributed by atoms with E-state index in [-0.39, 0.29) is 6.71 Å². The molecule has 0 bridgehead atoms. The summed E-state index contributed by atoms with van der Waals surface area (Å²) >= 11 is 0. The number of hydrogen-bond donors (Lipinski definition) is 0. The van der Waals surface area contributed by atoms with E-state index in [0.717, 1.165) is 11.3 Å². The minimum Gasteiger partial charge on any atom is -0.378 e. The lowest BCUT2D eigenvalue weighted by molar-refractivity contribution is 1.13. The first-order chi connectivity index (χ1) is 14.7. The third-order valence-corrected chi connectivity index (χ3v) is 5.29. The molecule has 146 valence electrons. The smallest absolute Gasteiger partial charge is 0.242 e. The molecule has 4 rings (SSSR count).